The van der Waals surface area contributed by atoms with Crippen LogP contribution in [0.5, 0.6) is 11.5 Å². The topological polar surface area (TPSA) is 81.4 Å². The lowest BCUT2D eigenvalue weighted by atomic mass is 9.85. The Labute approximate surface area is 252 Å². The maximum absolute atomic E-state index is 11.7. The van der Waals surface area contributed by atoms with E-state index in [1.807, 2.05) is 48.6 Å². The van der Waals surface area contributed by atoms with Crippen LogP contribution in [0.2, 0.25) is 5.02 Å². The second-order valence-corrected chi connectivity index (χ2v) is 11.0. The van der Waals surface area contributed by atoms with E-state index in [0.717, 1.165) is 5.56 Å². The predicted octanol–water partition coefficient (Wildman–Crippen LogP) is 7.59. The fraction of sp³-hybridized carbons (Fsp3) is 0.233. The maximum Gasteiger partial charge on any atom is 0.179 e. The summed E-state index contributed by atoms with van der Waals surface area (Å²) in [6.07, 6.45) is 9.65. The van der Waals surface area contributed by atoms with E-state index in [0.29, 0.717) is 35.3 Å². The number of nitriles is 1. The van der Waals surface area contributed by atoms with Crippen LogP contribution >= 0.6 is 46.4 Å². The standard InChI is InChI=1S/C30H24Cl4N2O4/c31-10-5-11-40-29(9-4-8-25(30(29,33)34)23-6-2-1-3-7-23)20-39-28-14-27(24(18-37)13-26(28)32)38-19-22-12-21(15-35)16-36-17-22/h1-4,6-9,12-14,16-18H,5,10-11,19-20H2. The molecule has 1 heterocycles. The molecule has 0 saturated heterocycles. The Morgan fingerprint density at radius 3 is 2.58 bits per heavy atom. The number of nitrogens with zero attached hydrogens (tertiary/aromatic N) is 2. The molecule has 0 fully saturated rings. The number of hydrogen-bond donors (Lipinski definition) is 0. The molecule has 1 aliphatic rings. The average Bonchev–Trinajstić information content (AvgIpc) is 2.97. The normalized spacial score (nSPS) is 17.5. The number of rotatable bonds is 12. The van der Waals surface area contributed by atoms with Crippen LogP contribution in [0.1, 0.15) is 33.5 Å². The van der Waals surface area contributed by atoms with Gasteiger partial charge < -0.3 is 14.2 Å². The summed E-state index contributed by atoms with van der Waals surface area (Å²) in [6, 6.07) is 16.2. The predicted molar refractivity (Wildman–Crippen MR) is 158 cm³/mol. The van der Waals surface area contributed by atoms with E-state index in [-0.39, 0.29) is 41.9 Å². The minimum absolute atomic E-state index is 0.0658. The molecule has 0 aliphatic heterocycles. The van der Waals surface area contributed by atoms with Crippen molar-refractivity contribution in [1.29, 1.82) is 5.26 Å². The molecule has 6 nitrogen and oxygen atoms in total. The molecule has 0 bridgehead atoms. The highest BCUT2D eigenvalue weighted by Crippen LogP contribution is 2.50. The molecule has 0 saturated carbocycles. The third-order valence-electron chi connectivity index (χ3n) is 6.17. The number of carbonyl (C=O) groups excluding carboxylic acids is 1. The van der Waals surface area contributed by atoms with Gasteiger partial charge >= 0.3 is 0 Å². The Kier molecular flexibility index (Phi) is 10.1. The molecule has 3 aromatic rings. The first-order valence-electron chi connectivity index (χ1n) is 12.2. The first kappa shape index (κ1) is 29.9. The molecule has 0 spiro atoms. The molecule has 0 radical (unpaired) electrons. The van der Waals surface area contributed by atoms with E-state index in [9.17, 15) is 4.79 Å². The number of halogens is 4. The molecule has 2 aromatic carbocycles. The number of aldehydes is 1. The highest BCUT2D eigenvalue weighted by molar-refractivity contribution is 6.55. The molecule has 4 rings (SSSR count). The van der Waals surface area contributed by atoms with Crippen LogP contribution < -0.4 is 9.47 Å². The second-order valence-electron chi connectivity index (χ2n) is 8.87. The van der Waals surface area contributed by atoms with Crippen LogP contribution in [0, 0.1) is 11.3 Å². The van der Waals surface area contributed by atoms with Gasteiger partial charge in [0.05, 0.1) is 16.1 Å². The Balaban J connectivity index is 1.61. The van der Waals surface area contributed by atoms with Crippen LogP contribution in [0.15, 0.2) is 79.2 Å². The monoisotopic (exact) mass is 616 g/mol. The summed E-state index contributed by atoms with van der Waals surface area (Å²) in [5, 5.41) is 9.30. The largest absolute Gasteiger partial charge is 0.488 e. The van der Waals surface area contributed by atoms with Crippen molar-refractivity contribution in [3.05, 3.63) is 106 Å². The number of hydrogen-bond acceptors (Lipinski definition) is 6. The summed E-state index contributed by atoms with van der Waals surface area (Å²) in [5.41, 5.74) is 1.45. The van der Waals surface area contributed by atoms with Gasteiger partial charge in [0.25, 0.3) is 0 Å². The van der Waals surface area contributed by atoms with E-state index in [1.54, 1.807) is 18.3 Å². The van der Waals surface area contributed by atoms with Crippen molar-refractivity contribution in [1.82, 2.24) is 4.98 Å². The van der Waals surface area contributed by atoms with Gasteiger partial charge in [-0.05, 0) is 35.8 Å². The van der Waals surface area contributed by atoms with Gasteiger partial charge in [0.2, 0.25) is 0 Å². The average molecular weight is 618 g/mol. The lowest BCUT2D eigenvalue weighted by Crippen LogP contribution is -2.53. The molecule has 0 N–H and O–H groups in total. The number of aromatic nitrogens is 1. The van der Waals surface area contributed by atoms with Crippen molar-refractivity contribution in [3.8, 4) is 17.6 Å². The van der Waals surface area contributed by atoms with E-state index < -0.39 is 9.93 Å². The molecule has 1 aromatic heterocycles. The van der Waals surface area contributed by atoms with Crippen molar-refractivity contribution in [2.45, 2.75) is 23.0 Å². The van der Waals surface area contributed by atoms with Crippen molar-refractivity contribution >= 4 is 58.3 Å². The minimum atomic E-state index is -1.54. The fourth-order valence-corrected chi connectivity index (χ4v) is 5.14. The van der Waals surface area contributed by atoms with Gasteiger partial charge in [-0.1, -0.05) is 77.3 Å². The van der Waals surface area contributed by atoms with Crippen molar-refractivity contribution in [3.63, 3.8) is 0 Å². The van der Waals surface area contributed by atoms with E-state index in [1.165, 1.54) is 18.3 Å². The summed E-state index contributed by atoms with van der Waals surface area (Å²) in [7, 11) is 0. The van der Waals surface area contributed by atoms with Crippen LogP contribution in [-0.4, -0.2) is 40.3 Å². The van der Waals surface area contributed by atoms with Crippen LogP contribution in [0.4, 0.5) is 0 Å². The summed E-state index contributed by atoms with van der Waals surface area (Å²) in [4.78, 5) is 15.8. The molecule has 10 heteroatoms. The molecule has 1 atom stereocenters. The Bertz CT molecular complexity index is 1450. The van der Waals surface area contributed by atoms with Gasteiger partial charge in [-0.15, -0.1) is 11.6 Å². The van der Waals surface area contributed by atoms with Gasteiger partial charge in [0, 0.05) is 36.5 Å². The summed E-state index contributed by atoms with van der Waals surface area (Å²) < 4.78 is 16.8. The Hall–Kier alpha value is -3.05. The lowest BCUT2D eigenvalue weighted by Gasteiger charge is -2.43. The first-order chi connectivity index (χ1) is 19.3. The molecular formula is C30H24Cl4N2O4. The Morgan fingerprint density at radius 2 is 1.85 bits per heavy atom. The highest BCUT2D eigenvalue weighted by atomic mass is 35.5. The summed E-state index contributed by atoms with van der Waals surface area (Å²) >= 11 is 26.5. The lowest BCUT2D eigenvalue weighted by molar-refractivity contribution is -0.0398. The SMILES string of the molecule is N#Cc1cncc(COc2cc(OCC3(OCCCCl)C=CC=C(c4ccccc4)C3(Cl)Cl)c(Cl)cc2C=O)c1. The van der Waals surface area contributed by atoms with Crippen molar-refractivity contribution in [2.24, 2.45) is 0 Å². The van der Waals surface area contributed by atoms with Gasteiger partial charge in [-0.2, -0.15) is 5.26 Å². The van der Waals surface area contributed by atoms with Gasteiger partial charge in [-0.25, -0.2) is 0 Å². The summed E-state index contributed by atoms with van der Waals surface area (Å²) in [6.45, 7) is 0.232. The van der Waals surface area contributed by atoms with Crippen molar-refractivity contribution in [2.75, 3.05) is 19.1 Å². The molecule has 1 aliphatic carbocycles. The van der Waals surface area contributed by atoms with Gasteiger partial charge in [0.1, 0.15) is 30.8 Å². The van der Waals surface area contributed by atoms with E-state index in [4.69, 9.17) is 65.9 Å². The zero-order chi connectivity index (χ0) is 28.6. The fourth-order valence-electron chi connectivity index (χ4n) is 4.11. The van der Waals surface area contributed by atoms with Crippen LogP contribution in [0.25, 0.3) is 5.57 Å². The molecule has 0 amide bonds. The third kappa shape index (κ3) is 6.63. The van der Waals surface area contributed by atoms with E-state index >= 15 is 0 Å². The minimum Gasteiger partial charge on any atom is -0.488 e. The molecule has 1 unspecified atom stereocenters. The van der Waals surface area contributed by atoms with Gasteiger partial charge in [-0.3, -0.25) is 9.78 Å². The van der Waals surface area contributed by atoms with Crippen molar-refractivity contribution < 1.29 is 19.0 Å². The third-order valence-corrected chi connectivity index (χ3v) is 7.78. The second kappa shape index (κ2) is 13.5. The van der Waals surface area contributed by atoms with E-state index in [2.05, 4.69) is 4.98 Å². The maximum atomic E-state index is 11.7. The zero-order valence-corrected chi connectivity index (χ0v) is 24.2. The number of pyridine rings is 1. The first-order valence-corrected chi connectivity index (χ1v) is 13.9. The van der Waals surface area contributed by atoms with Gasteiger partial charge in [0.15, 0.2) is 16.2 Å². The number of carbonyl (C=O) groups is 1. The quantitative estimate of drug-likeness (QED) is 0.118. The highest BCUT2D eigenvalue weighted by Gasteiger charge is 2.54. The molecular weight excluding hydrogens is 594 g/mol. The number of alkyl halides is 3. The smallest absolute Gasteiger partial charge is 0.179 e. The summed E-state index contributed by atoms with van der Waals surface area (Å²) in [5.74, 6) is 0.868. The van der Waals surface area contributed by atoms with Crippen LogP contribution in [-0.2, 0) is 11.3 Å². The van der Waals surface area contributed by atoms with Crippen LogP contribution in [0.3, 0.4) is 0 Å². The molecule has 206 valence electrons. The number of benzene rings is 2. The number of ether oxygens (including phenoxy) is 3. The Morgan fingerprint density at radius 1 is 1.05 bits per heavy atom. The molecule has 40 heavy (non-hydrogen) atoms. The number of allylic oxidation sites excluding steroid dienone is 2. The zero-order valence-electron chi connectivity index (χ0n) is 21.2.